The molecule has 1 atom stereocenters. The minimum Gasteiger partial charge on any atom is -0.494 e. The predicted molar refractivity (Wildman–Crippen MR) is 85.9 cm³/mol. The number of amides is 1. The lowest BCUT2D eigenvalue weighted by Crippen LogP contribution is -2.42. The summed E-state index contributed by atoms with van der Waals surface area (Å²) in [5.41, 5.74) is -0.0645. The molecule has 1 aromatic carbocycles. The fourth-order valence-electron chi connectivity index (χ4n) is 1.89. The van der Waals surface area contributed by atoms with E-state index in [2.05, 4.69) is 11.4 Å². The highest BCUT2D eigenvalue weighted by Crippen LogP contribution is 2.24. The lowest BCUT2D eigenvalue weighted by Gasteiger charge is -2.27. The molecular weight excluding hydrogens is 280 g/mol. The summed E-state index contributed by atoms with van der Waals surface area (Å²) in [4.78, 5) is 12.5. The van der Waals surface area contributed by atoms with Gasteiger partial charge in [0.15, 0.2) is 0 Å². The second-order valence-electron chi connectivity index (χ2n) is 5.14. The number of anilines is 1. The highest BCUT2D eigenvalue weighted by molar-refractivity contribution is 5.98. The number of rotatable bonds is 8. The van der Waals surface area contributed by atoms with E-state index in [4.69, 9.17) is 9.47 Å². The molecule has 0 bridgehead atoms. The first kappa shape index (κ1) is 18.0. The molecular formula is C17H24N2O3. The number of nitriles is 1. The molecule has 0 aromatic heterocycles. The summed E-state index contributed by atoms with van der Waals surface area (Å²) in [5, 5.41) is 12.0. The number of carbonyl (C=O) groups is 1. The van der Waals surface area contributed by atoms with Gasteiger partial charge in [-0.05, 0) is 44.9 Å². The van der Waals surface area contributed by atoms with E-state index in [1.165, 1.54) is 0 Å². The summed E-state index contributed by atoms with van der Waals surface area (Å²) in [6.07, 6.45) is 1.40. The van der Waals surface area contributed by atoms with Gasteiger partial charge in [0.1, 0.15) is 17.4 Å². The third-order valence-corrected chi connectivity index (χ3v) is 3.45. The molecule has 1 unspecified atom stereocenters. The normalized spacial score (nSPS) is 13.0. The van der Waals surface area contributed by atoms with Gasteiger partial charge in [-0.3, -0.25) is 4.79 Å². The summed E-state index contributed by atoms with van der Waals surface area (Å²) in [6, 6.07) is 7.11. The van der Waals surface area contributed by atoms with Crippen molar-refractivity contribution in [3.63, 3.8) is 0 Å². The summed E-state index contributed by atoms with van der Waals surface area (Å²) in [5.74, 6) is 0.363. The SMILES string of the molecule is CCCOC(C)(CC)C(=O)Nc1ccc(OCC)cc1C#N. The molecule has 0 heterocycles. The molecule has 1 N–H and O–H groups in total. The van der Waals surface area contributed by atoms with Crippen molar-refractivity contribution in [1.29, 1.82) is 5.26 Å². The zero-order valence-corrected chi connectivity index (χ0v) is 13.7. The van der Waals surface area contributed by atoms with Crippen LogP contribution < -0.4 is 10.1 Å². The average Bonchev–Trinajstić information content (AvgIpc) is 2.54. The van der Waals surface area contributed by atoms with Gasteiger partial charge in [0.2, 0.25) is 0 Å². The molecule has 0 radical (unpaired) electrons. The van der Waals surface area contributed by atoms with Gasteiger partial charge in [-0.25, -0.2) is 0 Å². The van der Waals surface area contributed by atoms with Crippen molar-refractivity contribution >= 4 is 11.6 Å². The minimum atomic E-state index is -0.901. The second-order valence-corrected chi connectivity index (χ2v) is 5.14. The van der Waals surface area contributed by atoms with Crippen LogP contribution in [0.25, 0.3) is 0 Å². The highest BCUT2D eigenvalue weighted by Gasteiger charge is 2.32. The topological polar surface area (TPSA) is 71.3 Å². The largest absolute Gasteiger partial charge is 0.494 e. The van der Waals surface area contributed by atoms with E-state index in [0.717, 1.165) is 6.42 Å². The number of nitrogens with one attached hydrogen (secondary N) is 1. The predicted octanol–water partition coefficient (Wildman–Crippen LogP) is 3.49. The fourth-order valence-corrected chi connectivity index (χ4v) is 1.89. The van der Waals surface area contributed by atoms with Crippen LogP contribution in [0.15, 0.2) is 18.2 Å². The van der Waals surface area contributed by atoms with E-state index < -0.39 is 5.60 Å². The maximum Gasteiger partial charge on any atom is 0.256 e. The lowest BCUT2D eigenvalue weighted by atomic mass is 10.0. The van der Waals surface area contributed by atoms with E-state index in [-0.39, 0.29) is 5.91 Å². The van der Waals surface area contributed by atoms with Crippen LogP contribution in [0.2, 0.25) is 0 Å². The minimum absolute atomic E-state index is 0.246. The van der Waals surface area contributed by atoms with E-state index >= 15 is 0 Å². The molecule has 5 nitrogen and oxygen atoms in total. The molecule has 0 spiro atoms. The smallest absolute Gasteiger partial charge is 0.256 e. The maximum atomic E-state index is 12.5. The van der Waals surface area contributed by atoms with Crippen molar-refractivity contribution < 1.29 is 14.3 Å². The molecule has 120 valence electrons. The van der Waals surface area contributed by atoms with Crippen LogP contribution in [0.4, 0.5) is 5.69 Å². The number of nitrogens with zero attached hydrogens (tertiary/aromatic N) is 1. The van der Waals surface area contributed by atoms with E-state index in [0.29, 0.717) is 36.6 Å². The Morgan fingerprint density at radius 2 is 2.09 bits per heavy atom. The molecule has 0 aliphatic rings. The van der Waals surface area contributed by atoms with Gasteiger partial charge in [0.05, 0.1) is 17.9 Å². The number of hydrogen-bond acceptors (Lipinski definition) is 4. The Balaban J connectivity index is 2.93. The first-order valence-corrected chi connectivity index (χ1v) is 7.63. The summed E-state index contributed by atoms with van der Waals surface area (Å²) >= 11 is 0. The second kappa shape index (κ2) is 8.40. The van der Waals surface area contributed by atoms with E-state index in [1.807, 2.05) is 20.8 Å². The van der Waals surface area contributed by atoms with Crippen LogP contribution in [0.1, 0.15) is 46.1 Å². The Labute approximate surface area is 132 Å². The van der Waals surface area contributed by atoms with Crippen molar-refractivity contribution in [2.45, 2.75) is 46.1 Å². The Bertz CT molecular complexity index is 551. The third-order valence-electron chi connectivity index (χ3n) is 3.45. The van der Waals surface area contributed by atoms with Gasteiger partial charge >= 0.3 is 0 Å². The van der Waals surface area contributed by atoms with Crippen LogP contribution in [0, 0.1) is 11.3 Å². The van der Waals surface area contributed by atoms with Crippen molar-refractivity contribution in [3.05, 3.63) is 23.8 Å². The average molecular weight is 304 g/mol. The van der Waals surface area contributed by atoms with Gasteiger partial charge in [-0.2, -0.15) is 5.26 Å². The zero-order chi connectivity index (χ0) is 16.6. The molecule has 0 aliphatic carbocycles. The van der Waals surface area contributed by atoms with Gasteiger partial charge in [-0.1, -0.05) is 13.8 Å². The van der Waals surface area contributed by atoms with Crippen molar-refractivity contribution in [3.8, 4) is 11.8 Å². The van der Waals surface area contributed by atoms with E-state index in [1.54, 1.807) is 25.1 Å². The van der Waals surface area contributed by atoms with Crippen LogP contribution >= 0.6 is 0 Å². The third kappa shape index (κ3) is 4.47. The Morgan fingerprint density at radius 1 is 1.36 bits per heavy atom. The van der Waals surface area contributed by atoms with Crippen molar-refractivity contribution in [2.75, 3.05) is 18.5 Å². The molecule has 1 aromatic rings. The van der Waals surface area contributed by atoms with Gasteiger partial charge in [0, 0.05) is 6.61 Å². The molecule has 0 saturated heterocycles. The van der Waals surface area contributed by atoms with Crippen LogP contribution in [0.3, 0.4) is 0 Å². The van der Waals surface area contributed by atoms with Crippen molar-refractivity contribution in [2.24, 2.45) is 0 Å². The van der Waals surface area contributed by atoms with Gasteiger partial charge in [-0.15, -0.1) is 0 Å². The number of ether oxygens (including phenoxy) is 2. The standard InChI is InChI=1S/C17H24N2O3/c1-5-10-22-17(4,6-2)16(20)19-15-9-8-14(21-7-3)11-13(15)12-18/h8-9,11H,5-7,10H2,1-4H3,(H,19,20). The molecule has 0 fully saturated rings. The van der Waals surface area contributed by atoms with Crippen LogP contribution in [0.5, 0.6) is 5.75 Å². The Kier molecular flexibility index (Phi) is 6.87. The van der Waals surface area contributed by atoms with Gasteiger partial charge < -0.3 is 14.8 Å². The number of benzene rings is 1. The monoisotopic (exact) mass is 304 g/mol. The lowest BCUT2D eigenvalue weighted by molar-refractivity contribution is -0.139. The Morgan fingerprint density at radius 3 is 2.64 bits per heavy atom. The highest BCUT2D eigenvalue weighted by atomic mass is 16.5. The molecule has 0 saturated carbocycles. The maximum absolute atomic E-state index is 12.5. The van der Waals surface area contributed by atoms with E-state index in [9.17, 15) is 10.1 Å². The van der Waals surface area contributed by atoms with Crippen LogP contribution in [-0.4, -0.2) is 24.7 Å². The van der Waals surface area contributed by atoms with Crippen molar-refractivity contribution in [1.82, 2.24) is 0 Å². The molecule has 22 heavy (non-hydrogen) atoms. The molecule has 1 amide bonds. The molecule has 5 heteroatoms. The Hall–Kier alpha value is -2.06. The quantitative estimate of drug-likeness (QED) is 0.798. The first-order valence-electron chi connectivity index (χ1n) is 7.63. The summed E-state index contributed by atoms with van der Waals surface area (Å²) < 4.78 is 11.0. The number of hydrogen-bond donors (Lipinski definition) is 1. The molecule has 0 aliphatic heterocycles. The van der Waals surface area contributed by atoms with Gasteiger partial charge in [0.25, 0.3) is 5.91 Å². The van der Waals surface area contributed by atoms with Crippen LogP contribution in [-0.2, 0) is 9.53 Å². The fraction of sp³-hybridized carbons (Fsp3) is 0.529. The summed E-state index contributed by atoms with van der Waals surface area (Å²) in [6.45, 7) is 8.58. The summed E-state index contributed by atoms with van der Waals surface area (Å²) in [7, 11) is 0. The zero-order valence-electron chi connectivity index (χ0n) is 13.7. The first-order chi connectivity index (χ1) is 10.5. The number of carbonyl (C=O) groups excluding carboxylic acids is 1. The molecule has 1 rings (SSSR count).